The number of hydrogen-bond acceptors (Lipinski definition) is 1. The van der Waals surface area contributed by atoms with Crippen LogP contribution in [0.25, 0.3) is 0 Å². The van der Waals surface area contributed by atoms with Crippen molar-refractivity contribution in [2.45, 2.75) is 27.3 Å². The van der Waals surface area contributed by atoms with E-state index in [0.29, 0.717) is 11.6 Å². The third-order valence-corrected chi connectivity index (χ3v) is 2.45. The van der Waals surface area contributed by atoms with E-state index < -0.39 is 0 Å². The Morgan fingerprint density at radius 2 is 1.93 bits per heavy atom. The molecule has 0 aromatic heterocycles. The molecule has 1 aromatic rings. The number of benzene rings is 1. The van der Waals surface area contributed by atoms with Crippen molar-refractivity contribution in [3.8, 4) is 0 Å². The zero-order valence-corrected chi connectivity index (χ0v) is 10.1. The Labute approximate surface area is 95.6 Å². The van der Waals surface area contributed by atoms with Crippen molar-refractivity contribution in [3.05, 3.63) is 34.9 Å². The van der Waals surface area contributed by atoms with E-state index in [1.165, 1.54) is 0 Å². The zero-order valence-electron chi connectivity index (χ0n) is 9.30. The first-order chi connectivity index (χ1) is 6.91. The molecule has 0 aliphatic heterocycles. The van der Waals surface area contributed by atoms with Crippen LogP contribution in [0.5, 0.6) is 0 Å². The van der Waals surface area contributed by atoms with Gasteiger partial charge in [-0.3, -0.25) is 4.79 Å². The minimum atomic E-state index is -0.360. The molecule has 1 amide bonds. The standard InChI is InChI=1S/C12H16ClNO/c1-12(2,3)11(15)14-8-9-6-4-5-7-10(9)13/h4-7H,8H2,1-3H3,(H,14,15). The van der Waals surface area contributed by atoms with Crippen LogP contribution in [0.3, 0.4) is 0 Å². The summed E-state index contributed by atoms with van der Waals surface area (Å²) in [5.74, 6) is 0.0300. The Morgan fingerprint density at radius 1 is 1.33 bits per heavy atom. The molecule has 0 saturated carbocycles. The summed E-state index contributed by atoms with van der Waals surface area (Å²) in [5, 5.41) is 3.54. The lowest BCUT2D eigenvalue weighted by Gasteiger charge is -2.17. The molecule has 0 atom stereocenters. The van der Waals surface area contributed by atoms with Gasteiger partial charge in [0, 0.05) is 17.0 Å². The molecule has 82 valence electrons. The van der Waals surface area contributed by atoms with Crippen molar-refractivity contribution in [1.29, 1.82) is 0 Å². The molecule has 0 bridgehead atoms. The Morgan fingerprint density at radius 3 is 2.47 bits per heavy atom. The maximum atomic E-state index is 11.6. The summed E-state index contributed by atoms with van der Waals surface area (Å²) in [6, 6.07) is 7.51. The monoisotopic (exact) mass is 225 g/mol. The second kappa shape index (κ2) is 4.67. The number of amides is 1. The molecule has 0 fully saturated rings. The van der Waals surface area contributed by atoms with Crippen LogP contribution in [0.4, 0.5) is 0 Å². The van der Waals surface area contributed by atoms with Gasteiger partial charge in [-0.1, -0.05) is 50.6 Å². The highest BCUT2D eigenvalue weighted by atomic mass is 35.5. The van der Waals surface area contributed by atoms with E-state index in [4.69, 9.17) is 11.6 Å². The Kier molecular flexibility index (Phi) is 3.75. The fourth-order valence-electron chi connectivity index (χ4n) is 1.08. The van der Waals surface area contributed by atoms with E-state index in [2.05, 4.69) is 5.32 Å². The van der Waals surface area contributed by atoms with Crippen molar-refractivity contribution >= 4 is 17.5 Å². The van der Waals surface area contributed by atoms with E-state index in [0.717, 1.165) is 5.56 Å². The fourth-order valence-corrected chi connectivity index (χ4v) is 1.28. The van der Waals surface area contributed by atoms with Crippen LogP contribution < -0.4 is 5.32 Å². The van der Waals surface area contributed by atoms with Crippen LogP contribution in [0, 0.1) is 5.41 Å². The van der Waals surface area contributed by atoms with Crippen LogP contribution in [0.2, 0.25) is 5.02 Å². The summed E-state index contributed by atoms with van der Waals surface area (Å²) in [7, 11) is 0. The van der Waals surface area contributed by atoms with E-state index in [1.807, 2.05) is 45.0 Å². The maximum absolute atomic E-state index is 11.6. The minimum Gasteiger partial charge on any atom is -0.352 e. The Balaban J connectivity index is 2.59. The number of halogens is 1. The topological polar surface area (TPSA) is 29.1 Å². The summed E-state index contributed by atoms with van der Waals surface area (Å²) in [5.41, 5.74) is 0.582. The molecule has 0 unspecified atom stereocenters. The SMILES string of the molecule is CC(C)(C)C(=O)NCc1ccccc1Cl. The van der Waals surface area contributed by atoms with Gasteiger partial charge in [-0.15, -0.1) is 0 Å². The largest absolute Gasteiger partial charge is 0.352 e. The van der Waals surface area contributed by atoms with Gasteiger partial charge in [0.1, 0.15) is 0 Å². The number of hydrogen-bond donors (Lipinski definition) is 1. The lowest BCUT2D eigenvalue weighted by atomic mass is 9.95. The highest BCUT2D eigenvalue weighted by Crippen LogP contribution is 2.16. The van der Waals surface area contributed by atoms with E-state index in [1.54, 1.807) is 0 Å². The molecule has 0 aliphatic rings. The smallest absolute Gasteiger partial charge is 0.225 e. The first kappa shape index (κ1) is 12.1. The zero-order chi connectivity index (χ0) is 11.5. The molecule has 1 aromatic carbocycles. The summed E-state index contributed by atoms with van der Waals surface area (Å²) < 4.78 is 0. The van der Waals surface area contributed by atoms with Gasteiger partial charge in [-0.2, -0.15) is 0 Å². The third kappa shape index (κ3) is 3.56. The number of carbonyl (C=O) groups is 1. The molecule has 0 radical (unpaired) electrons. The Bertz CT molecular complexity index is 355. The summed E-state index contributed by atoms with van der Waals surface area (Å²) in [6.07, 6.45) is 0. The molecule has 0 saturated heterocycles. The predicted molar refractivity (Wildman–Crippen MR) is 62.8 cm³/mol. The normalized spacial score (nSPS) is 11.2. The maximum Gasteiger partial charge on any atom is 0.225 e. The van der Waals surface area contributed by atoms with Gasteiger partial charge in [0.2, 0.25) is 5.91 Å². The Hall–Kier alpha value is -1.02. The fraction of sp³-hybridized carbons (Fsp3) is 0.417. The van der Waals surface area contributed by atoms with Crippen LogP contribution in [0.1, 0.15) is 26.3 Å². The quantitative estimate of drug-likeness (QED) is 0.824. The molecule has 0 aliphatic carbocycles. The van der Waals surface area contributed by atoms with Crippen LogP contribution in [-0.4, -0.2) is 5.91 Å². The minimum absolute atomic E-state index is 0.0300. The highest BCUT2D eigenvalue weighted by molar-refractivity contribution is 6.31. The van der Waals surface area contributed by atoms with E-state index in [-0.39, 0.29) is 11.3 Å². The summed E-state index contributed by atoms with van der Waals surface area (Å²) >= 11 is 5.97. The van der Waals surface area contributed by atoms with E-state index >= 15 is 0 Å². The van der Waals surface area contributed by atoms with Gasteiger partial charge in [0.05, 0.1) is 0 Å². The van der Waals surface area contributed by atoms with Gasteiger partial charge >= 0.3 is 0 Å². The molecule has 1 N–H and O–H groups in total. The summed E-state index contributed by atoms with van der Waals surface area (Å²) in [4.78, 5) is 11.6. The van der Waals surface area contributed by atoms with Gasteiger partial charge < -0.3 is 5.32 Å². The first-order valence-electron chi connectivity index (χ1n) is 4.93. The molecular formula is C12H16ClNO. The second-order valence-electron chi connectivity index (χ2n) is 4.52. The predicted octanol–water partition coefficient (Wildman–Crippen LogP) is 3.00. The molecule has 0 heterocycles. The average Bonchev–Trinajstić information content (AvgIpc) is 2.14. The van der Waals surface area contributed by atoms with Crippen LogP contribution >= 0.6 is 11.6 Å². The van der Waals surface area contributed by atoms with Crippen LogP contribution in [0.15, 0.2) is 24.3 Å². The molecular weight excluding hydrogens is 210 g/mol. The highest BCUT2D eigenvalue weighted by Gasteiger charge is 2.20. The van der Waals surface area contributed by atoms with Crippen molar-refractivity contribution in [2.24, 2.45) is 5.41 Å². The van der Waals surface area contributed by atoms with Gasteiger partial charge in [-0.05, 0) is 11.6 Å². The molecule has 3 heteroatoms. The third-order valence-electron chi connectivity index (χ3n) is 2.08. The van der Waals surface area contributed by atoms with Crippen molar-refractivity contribution in [2.75, 3.05) is 0 Å². The van der Waals surface area contributed by atoms with Crippen molar-refractivity contribution in [1.82, 2.24) is 5.32 Å². The lowest BCUT2D eigenvalue weighted by Crippen LogP contribution is -2.34. The van der Waals surface area contributed by atoms with E-state index in [9.17, 15) is 4.79 Å². The number of carbonyl (C=O) groups excluding carboxylic acids is 1. The number of nitrogens with one attached hydrogen (secondary N) is 1. The molecule has 1 rings (SSSR count). The van der Waals surface area contributed by atoms with Gasteiger partial charge in [0.15, 0.2) is 0 Å². The number of rotatable bonds is 2. The van der Waals surface area contributed by atoms with Gasteiger partial charge in [0.25, 0.3) is 0 Å². The second-order valence-corrected chi connectivity index (χ2v) is 4.93. The van der Waals surface area contributed by atoms with Crippen LogP contribution in [-0.2, 0) is 11.3 Å². The van der Waals surface area contributed by atoms with Gasteiger partial charge in [-0.25, -0.2) is 0 Å². The molecule has 15 heavy (non-hydrogen) atoms. The first-order valence-corrected chi connectivity index (χ1v) is 5.31. The summed E-state index contributed by atoms with van der Waals surface area (Å²) in [6.45, 7) is 6.13. The molecule has 2 nitrogen and oxygen atoms in total. The average molecular weight is 226 g/mol. The van der Waals surface area contributed by atoms with Crippen molar-refractivity contribution < 1.29 is 4.79 Å². The van der Waals surface area contributed by atoms with Crippen molar-refractivity contribution in [3.63, 3.8) is 0 Å². The molecule has 0 spiro atoms. The lowest BCUT2D eigenvalue weighted by molar-refractivity contribution is -0.128.